The summed E-state index contributed by atoms with van der Waals surface area (Å²) < 4.78 is 2.09. The van der Waals surface area contributed by atoms with E-state index in [0.29, 0.717) is 35.9 Å². The van der Waals surface area contributed by atoms with Gasteiger partial charge in [0.05, 0.1) is 4.92 Å². The van der Waals surface area contributed by atoms with Gasteiger partial charge in [0.1, 0.15) is 17.8 Å². The van der Waals surface area contributed by atoms with Gasteiger partial charge in [0, 0.05) is 42.2 Å². The minimum absolute atomic E-state index is 0.0365. The van der Waals surface area contributed by atoms with Crippen molar-refractivity contribution >= 4 is 17.2 Å². The average molecular weight is 419 g/mol. The van der Waals surface area contributed by atoms with E-state index >= 15 is 0 Å². The molecule has 1 saturated heterocycles. The van der Waals surface area contributed by atoms with Crippen LogP contribution in [0.5, 0.6) is 0 Å². The van der Waals surface area contributed by atoms with Crippen molar-refractivity contribution in [3.8, 4) is 0 Å². The lowest BCUT2D eigenvalue weighted by molar-refractivity contribution is -0.384. The van der Waals surface area contributed by atoms with Crippen LogP contribution in [-0.2, 0) is 0 Å². The minimum Gasteiger partial charge on any atom is -0.366 e. The van der Waals surface area contributed by atoms with Gasteiger partial charge in [-0.15, -0.1) is 10.2 Å². The number of aromatic nitrogens is 3. The number of piperidine rings is 1. The monoisotopic (exact) mass is 419 g/mol. The molecule has 0 radical (unpaired) electrons. The third kappa shape index (κ3) is 4.19. The van der Waals surface area contributed by atoms with E-state index in [1.807, 2.05) is 11.0 Å². The highest BCUT2D eigenvalue weighted by molar-refractivity contribution is 6.09. The number of rotatable bonds is 6. The third-order valence-corrected chi connectivity index (χ3v) is 5.83. The lowest BCUT2D eigenvalue weighted by Gasteiger charge is -2.33. The zero-order chi connectivity index (χ0) is 22.0. The van der Waals surface area contributed by atoms with E-state index in [1.165, 1.54) is 6.07 Å². The van der Waals surface area contributed by atoms with Crippen molar-refractivity contribution in [2.45, 2.75) is 38.6 Å². The van der Waals surface area contributed by atoms with Crippen LogP contribution in [0.4, 0.5) is 11.4 Å². The predicted molar refractivity (Wildman–Crippen MR) is 118 cm³/mol. The summed E-state index contributed by atoms with van der Waals surface area (Å²) in [5, 5.41) is 20.2. The molecule has 0 amide bonds. The maximum atomic E-state index is 12.7. The smallest absolute Gasteiger partial charge is 0.293 e. The SMILES string of the molecule is CC(C)n1cnnc1C1CCN(c2ccc(C(=O)c3ccccc3)cc2[N+](=O)[O-])CC1. The van der Waals surface area contributed by atoms with Crippen molar-refractivity contribution in [2.24, 2.45) is 0 Å². The van der Waals surface area contributed by atoms with Gasteiger partial charge in [0.25, 0.3) is 5.69 Å². The van der Waals surface area contributed by atoms with E-state index in [1.54, 1.807) is 42.7 Å². The molecule has 0 atom stereocenters. The van der Waals surface area contributed by atoms with Gasteiger partial charge < -0.3 is 9.47 Å². The van der Waals surface area contributed by atoms with Crippen LogP contribution in [0.2, 0.25) is 0 Å². The predicted octanol–water partition coefficient (Wildman–Crippen LogP) is 4.38. The van der Waals surface area contributed by atoms with E-state index in [2.05, 4.69) is 28.6 Å². The highest BCUT2D eigenvalue weighted by atomic mass is 16.6. The first kappa shape index (κ1) is 20.7. The molecule has 3 aromatic rings. The van der Waals surface area contributed by atoms with Gasteiger partial charge >= 0.3 is 0 Å². The quantitative estimate of drug-likeness (QED) is 0.334. The minimum atomic E-state index is -0.404. The molecule has 4 rings (SSSR count). The number of hydrogen-bond acceptors (Lipinski definition) is 6. The molecule has 0 bridgehead atoms. The topological polar surface area (TPSA) is 94.2 Å². The number of anilines is 1. The molecule has 0 unspecified atom stereocenters. The Morgan fingerprint density at radius 2 is 1.81 bits per heavy atom. The van der Waals surface area contributed by atoms with Crippen LogP contribution in [0.1, 0.15) is 60.4 Å². The van der Waals surface area contributed by atoms with Gasteiger partial charge in [-0.3, -0.25) is 14.9 Å². The van der Waals surface area contributed by atoms with Crippen molar-refractivity contribution in [3.05, 3.63) is 81.9 Å². The molecule has 2 aromatic carbocycles. The summed E-state index contributed by atoms with van der Waals surface area (Å²) in [6.45, 7) is 5.57. The van der Waals surface area contributed by atoms with Crippen LogP contribution in [0.25, 0.3) is 0 Å². The van der Waals surface area contributed by atoms with Gasteiger partial charge in [-0.2, -0.15) is 0 Å². The first-order valence-electron chi connectivity index (χ1n) is 10.5. The number of benzene rings is 2. The Morgan fingerprint density at radius 1 is 1.10 bits per heavy atom. The molecule has 1 fully saturated rings. The number of nitro groups is 1. The Hall–Kier alpha value is -3.55. The van der Waals surface area contributed by atoms with Crippen LogP contribution in [0.3, 0.4) is 0 Å². The van der Waals surface area contributed by atoms with Crippen LogP contribution >= 0.6 is 0 Å². The Bertz CT molecular complexity index is 1090. The molecule has 0 aliphatic carbocycles. The molecule has 1 aliphatic rings. The van der Waals surface area contributed by atoms with Crippen molar-refractivity contribution in [1.29, 1.82) is 0 Å². The summed E-state index contributed by atoms with van der Waals surface area (Å²) in [5.41, 5.74) is 1.35. The second kappa shape index (κ2) is 8.67. The molecule has 2 heterocycles. The molecular formula is C23H25N5O3. The van der Waals surface area contributed by atoms with Crippen LogP contribution in [0.15, 0.2) is 54.9 Å². The fourth-order valence-corrected chi connectivity index (χ4v) is 4.15. The summed E-state index contributed by atoms with van der Waals surface area (Å²) >= 11 is 0. The first-order chi connectivity index (χ1) is 15.0. The molecule has 0 saturated carbocycles. The molecule has 8 nitrogen and oxygen atoms in total. The number of carbonyl (C=O) groups excluding carboxylic acids is 1. The lowest BCUT2D eigenvalue weighted by atomic mass is 9.94. The van der Waals surface area contributed by atoms with Crippen molar-refractivity contribution < 1.29 is 9.72 Å². The number of ketones is 1. The summed E-state index contributed by atoms with van der Waals surface area (Å²) in [7, 11) is 0. The summed E-state index contributed by atoms with van der Waals surface area (Å²) in [4.78, 5) is 26.1. The third-order valence-electron chi connectivity index (χ3n) is 5.83. The average Bonchev–Trinajstić information content (AvgIpc) is 3.29. The maximum Gasteiger partial charge on any atom is 0.293 e. The molecule has 8 heteroatoms. The van der Waals surface area contributed by atoms with E-state index in [0.717, 1.165) is 18.7 Å². The fourth-order valence-electron chi connectivity index (χ4n) is 4.15. The van der Waals surface area contributed by atoms with E-state index in [4.69, 9.17) is 0 Å². The van der Waals surface area contributed by atoms with Crippen LogP contribution < -0.4 is 4.90 Å². The molecule has 31 heavy (non-hydrogen) atoms. The molecule has 1 aromatic heterocycles. The zero-order valence-electron chi connectivity index (χ0n) is 17.6. The van der Waals surface area contributed by atoms with E-state index in [-0.39, 0.29) is 17.4 Å². The zero-order valence-corrected chi connectivity index (χ0v) is 17.6. The first-order valence-corrected chi connectivity index (χ1v) is 10.5. The molecular weight excluding hydrogens is 394 g/mol. The molecule has 160 valence electrons. The standard InChI is InChI=1S/C23H25N5O3/c1-16(2)27-15-24-25-23(27)18-10-12-26(13-11-18)20-9-8-19(14-21(20)28(30)31)22(29)17-6-4-3-5-7-17/h3-9,14-16,18H,10-13H2,1-2H3. The second-order valence-electron chi connectivity index (χ2n) is 8.11. The van der Waals surface area contributed by atoms with Crippen molar-refractivity contribution in [3.63, 3.8) is 0 Å². The highest BCUT2D eigenvalue weighted by Gasteiger charge is 2.29. The number of nitro benzene ring substituents is 1. The van der Waals surface area contributed by atoms with Gasteiger partial charge in [0.15, 0.2) is 5.78 Å². The van der Waals surface area contributed by atoms with E-state index < -0.39 is 4.92 Å². The summed E-state index contributed by atoms with van der Waals surface area (Å²) in [6.07, 6.45) is 3.44. The maximum absolute atomic E-state index is 12.7. The summed E-state index contributed by atoms with van der Waals surface area (Å²) in [6, 6.07) is 13.9. The number of hydrogen-bond donors (Lipinski definition) is 0. The fraction of sp³-hybridized carbons (Fsp3) is 0.348. The largest absolute Gasteiger partial charge is 0.366 e. The highest BCUT2D eigenvalue weighted by Crippen LogP contribution is 2.35. The Balaban J connectivity index is 1.54. The molecule has 0 N–H and O–H groups in total. The Morgan fingerprint density at radius 3 is 2.45 bits per heavy atom. The molecule has 1 aliphatic heterocycles. The van der Waals surface area contributed by atoms with Gasteiger partial charge in [-0.05, 0) is 38.8 Å². The van der Waals surface area contributed by atoms with Gasteiger partial charge in [-0.1, -0.05) is 30.3 Å². The van der Waals surface area contributed by atoms with Crippen molar-refractivity contribution in [1.82, 2.24) is 14.8 Å². The summed E-state index contributed by atoms with van der Waals surface area (Å²) in [5.74, 6) is 1.04. The Kier molecular flexibility index (Phi) is 5.79. The van der Waals surface area contributed by atoms with Crippen LogP contribution in [-0.4, -0.2) is 38.6 Å². The Labute approximate surface area is 180 Å². The van der Waals surface area contributed by atoms with Crippen molar-refractivity contribution in [2.75, 3.05) is 18.0 Å². The van der Waals surface area contributed by atoms with Crippen LogP contribution in [0, 0.1) is 10.1 Å². The van der Waals surface area contributed by atoms with Gasteiger partial charge in [-0.25, -0.2) is 0 Å². The second-order valence-corrected chi connectivity index (χ2v) is 8.11. The molecule has 0 spiro atoms. The number of carbonyl (C=O) groups is 1. The normalized spacial score (nSPS) is 14.7. The number of nitrogens with zero attached hydrogens (tertiary/aromatic N) is 5. The van der Waals surface area contributed by atoms with Gasteiger partial charge in [0.2, 0.25) is 0 Å². The van der Waals surface area contributed by atoms with E-state index in [9.17, 15) is 14.9 Å². The lowest BCUT2D eigenvalue weighted by Crippen LogP contribution is -2.34.